The second-order valence-corrected chi connectivity index (χ2v) is 12.7. The molecule has 0 amide bonds. The zero-order valence-electron chi connectivity index (χ0n) is 29.6. The molecule has 22 heteroatoms. The van der Waals surface area contributed by atoms with E-state index in [0.717, 1.165) is 148 Å². The number of hydrogen-bond donors (Lipinski definition) is 7. The highest BCUT2D eigenvalue weighted by molar-refractivity contribution is 8.93. The summed E-state index contributed by atoms with van der Waals surface area (Å²) in [5, 5.41) is 30.6. The lowest BCUT2D eigenvalue weighted by Gasteiger charge is -2.28. The van der Waals surface area contributed by atoms with Gasteiger partial charge >= 0.3 is 0 Å². The molecule has 1 aromatic rings. The summed E-state index contributed by atoms with van der Waals surface area (Å²) >= 11 is 27.5. The Hall–Kier alpha value is 3.37. The van der Waals surface area contributed by atoms with Crippen LogP contribution in [-0.2, 0) is 17.9 Å². The van der Waals surface area contributed by atoms with Crippen molar-refractivity contribution in [1.29, 1.82) is 0 Å². The van der Waals surface area contributed by atoms with Gasteiger partial charge in [0.2, 0.25) is 0 Å². The number of carbonyl (C=O) groups is 1. The van der Waals surface area contributed by atoms with E-state index in [2.05, 4.69) is 41.7 Å². The van der Waals surface area contributed by atoms with Crippen LogP contribution >= 0.6 is 182 Å². The summed E-state index contributed by atoms with van der Waals surface area (Å²) in [6.45, 7) is 18.0. The van der Waals surface area contributed by atoms with Gasteiger partial charge in [0, 0.05) is 83.5 Å². The van der Waals surface area contributed by atoms with Crippen LogP contribution in [0.25, 0.3) is 0 Å². The van der Waals surface area contributed by atoms with Crippen molar-refractivity contribution in [2.75, 3.05) is 105 Å². The molecule has 10 nitrogen and oxygen atoms in total. The Bertz CT molecular complexity index is 884. The summed E-state index contributed by atoms with van der Waals surface area (Å²) in [5.74, 6) is -0.833. The lowest BCUT2D eigenvalue weighted by molar-refractivity contribution is -0.134. The molecule has 2 fully saturated rings. The molecular formula is C30H62Br8Cl4N8O2. The maximum absolute atomic E-state index is 9.00. The predicted molar refractivity (Wildman–Crippen MR) is 269 cm³/mol. The Morgan fingerprint density at radius 3 is 1.04 bits per heavy atom. The van der Waals surface area contributed by atoms with Crippen molar-refractivity contribution in [2.24, 2.45) is 0 Å². The van der Waals surface area contributed by atoms with Gasteiger partial charge in [-0.15, -0.1) is 136 Å². The van der Waals surface area contributed by atoms with E-state index in [0.29, 0.717) is 33.2 Å². The van der Waals surface area contributed by atoms with E-state index in [1.807, 2.05) is 0 Å². The molecule has 2 heterocycles. The number of nitrogens with one attached hydrogen (secondary N) is 6. The summed E-state index contributed by atoms with van der Waals surface area (Å²) in [5.41, 5.74) is 1.75. The lowest BCUT2D eigenvalue weighted by atomic mass is 10.1. The van der Waals surface area contributed by atoms with Crippen LogP contribution in [0.3, 0.4) is 0 Å². The molecule has 0 aromatic heterocycles. The first-order chi connectivity index (χ1) is 21.3. The third-order valence-electron chi connectivity index (χ3n) is 7.45. The van der Waals surface area contributed by atoms with Crippen LogP contribution < -0.4 is 31.9 Å². The average Bonchev–Trinajstić information content (AvgIpc) is 2.99. The number of aliphatic carboxylic acids is 1. The monoisotopic (exact) mass is 1340 g/mol. The van der Waals surface area contributed by atoms with Crippen molar-refractivity contribution in [1.82, 2.24) is 41.7 Å². The van der Waals surface area contributed by atoms with Crippen molar-refractivity contribution < 1.29 is 9.90 Å². The van der Waals surface area contributed by atoms with E-state index in [4.69, 9.17) is 56.3 Å². The lowest BCUT2D eigenvalue weighted by Crippen LogP contribution is -2.37. The van der Waals surface area contributed by atoms with Crippen LogP contribution in [0.15, 0.2) is 0 Å². The van der Waals surface area contributed by atoms with Gasteiger partial charge in [-0.05, 0) is 78.0 Å². The Kier molecular flexibility index (Phi) is 61.2. The standard InChI is InChI=1S/C28H50Cl4N8.C2H4O2.8BrH/c29-25-23(21-39-17-3-9-35-13-11-33-5-1-7-37-15-19-39)26(30)28(32)27(31)24(25)22-40-18-4-10-36-14-12-34-6-2-8-38-16-20-40;1-2(3)4;;;;;;;;/h33-38H,1-22H2;1H3,(H,3,4);8*1H. The highest BCUT2D eigenvalue weighted by Crippen LogP contribution is 2.42. The first-order valence-electron chi connectivity index (χ1n) is 16.0. The molecule has 0 radical (unpaired) electrons. The van der Waals surface area contributed by atoms with Crippen LogP contribution in [0.1, 0.15) is 43.7 Å². The molecule has 2 aliphatic rings. The maximum atomic E-state index is 9.00. The molecule has 2 aliphatic heterocycles. The molecule has 0 aliphatic carbocycles. The minimum absolute atomic E-state index is 0. The largest absolute Gasteiger partial charge is 0.481 e. The first-order valence-corrected chi connectivity index (χ1v) is 17.5. The Labute approximate surface area is 416 Å². The number of carboxylic acid groups (broad SMARTS) is 1. The zero-order valence-corrected chi connectivity index (χ0v) is 46.3. The van der Waals surface area contributed by atoms with E-state index < -0.39 is 5.97 Å². The van der Waals surface area contributed by atoms with Crippen LogP contribution in [0.2, 0.25) is 20.1 Å². The van der Waals surface area contributed by atoms with Crippen molar-refractivity contribution in [3.8, 4) is 0 Å². The quantitative estimate of drug-likeness (QED) is 0.119. The van der Waals surface area contributed by atoms with Gasteiger partial charge < -0.3 is 37.0 Å². The van der Waals surface area contributed by atoms with Gasteiger partial charge in [0.25, 0.3) is 5.97 Å². The van der Waals surface area contributed by atoms with Crippen LogP contribution in [0.5, 0.6) is 0 Å². The SMILES string of the molecule is Br.Br.Br.Br.Br.Br.Br.Br.CC(=O)O.Clc1c(Cl)c(CN2CCCNCCNCCCNCC2)c(Cl)c(CN2CCCNCCNCCCNCC2)c1Cl. The molecule has 3 rings (SSSR count). The Morgan fingerprint density at radius 1 is 0.462 bits per heavy atom. The fourth-order valence-corrected chi connectivity index (χ4v) is 6.29. The van der Waals surface area contributed by atoms with Gasteiger partial charge in [-0.3, -0.25) is 14.6 Å². The van der Waals surface area contributed by atoms with E-state index in [1.54, 1.807) is 0 Å². The highest BCUT2D eigenvalue weighted by atomic mass is 79.9. The molecule has 0 bridgehead atoms. The highest BCUT2D eigenvalue weighted by Gasteiger charge is 2.23. The number of rotatable bonds is 4. The van der Waals surface area contributed by atoms with E-state index >= 15 is 0 Å². The molecule has 2 saturated heterocycles. The molecule has 1 aromatic carbocycles. The fourth-order valence-electron chi connectivity index (χ4n) is 5.11. The van der Waals surface area contributed by atoms with Gasteiger partial charge in [-0.2, -0.15) is 0 Å². The molecule has 0 saturated carbocycles. The van der Waals surface area contributed by atoms with E-state index in [-0.39, 0.29) is 136 Å². The second-order valence-electron chi connectivity index (χ2n) is 11.2. The third-order valence-corrected chi connectivity index (χ3v) is 9.31. The topological polar surface area (TPSA) is 116 Å². The molecule has 0 spiro atoms. The zero-order chi connectivity index (χ0) is 32.0. The summed E-state index contributed by atoms with van der Waals surface area (Å²) in [4.78, 5) is 13.8. The summed E-state index contributed by atoms with van der Waals surface area (Å²) < 4.78 is 0. The smallest absolute Gasteiger partial charge is 0.300 e. The van der Waals surface area contributed by atoms with Gasteiger partial charge in [0.15, 0.2) is 0 Å². The van der Waals surface area contributed by atoms with Gasteiger partial charge in [-0.1, -0.05) is 46.4 Å². The Balaban J connectivity index is -0.000000321. The molecule has 0 unspecified atom stereocenters. The normalized spacial score (nSPS) is 17.3. The third kappa shape index (κ3) is 32.2. The van der Waals surface area contributed by atoms with E-state index in [1.165, 1.54) is 0 Å². The Morgan fingerprint density at radius 2 is 0.731 bits per heavy atom. The van der Waals surface area contributed by atoms with Gasteiger partial charge in [-0.25, -0.2) is 0 Å². The summed E-state index contributed by atoms with van der Waals surface area (Å²) in [6, 6.07) is 0. The molecule has 52 heavy (non-hydrogen) atoms. The minimum Gasteiger partial charge on any atom is -0.481 e. The fraction of sp³-hybridized carbons (Fsp3) is 0.767. The number of carboxylic acids is 1. The van der Waals surface area contributed by atoms with Crippen molar-refractivity contribution in [2.45, 2.75) is 45.7 Å². The molecule has 7 N–H and O–H groups in total. The molecule has 318 valence electrons. The maximum Gasteiger partial charge on any atom is 0.300 e. The summed E-state index contributed by atoms with van der Waals surface area (Å²) in [7, 11) is 0. The van der Waals surface area contributed by atoms with Crippen LogP contribution in [0.4, 0.5) is 0 Å². The average molecular weight is 1350 g/mol. The summed E-state index contributed by atoms with van der Waals surface area (Å²) in [6.07, 6.45) is 4.34. The van der Waals surface area contributed by atoms with Gasteiger partial charge in [0.05, 0.1) is 20.1 Å². The van der Waals surface area contributed by atoms with Crippen LogP contribution in [0, 0.1) is 0 Å². The first kappa shape index (κ1) is 70.0. The predicted octanol–water partition coefficient (Wildman–Crippen LogP) is 7.74. The number of hydrogen-bond acceptors (Lipinski definition) is 9. The number of halogens is 12. The minimum atomic E-state index is -0.833. The second kappa shape index (κ2) is 45.5. The van der Waals surface area contributed by atoms with Crippen molar-refractivity contribution in [3.05, 3.63) is 31.2 Å². The van der Waals surface area contributed by atoms with Gasteiger partial charge in [0.1, 0.15) is 0 Å². The molecule has 0 atom stereocenters. The van der Waals surface area contributed by atoms with Crippen molar-refractivity contribution >= 4 is 188 Å². The number of benzene rings is 1. The molecular weight excluding hydrogens is 1290 g/mol. The van der Waals surface area contributed by atoms with Crippen LogP contribution in [-0.4, -0.2) is 126 Å². The van der Waals surface area contributed by atoms with E-state index in [9.17, 15) is 0 Å². The number of nitrogens with zero attached hydrogens (tertiary/aromatic N) is 2. The van der Waals surface area contributed by atoms with Crippen molar-refractivity contribution in [3.63, 3.8) is 0 Å².